The molecule has 1 aromatic rings. The number of piperidine rings is 1. The summed E-state index contributed by atoms with van der Waals surface area (Å²) in [5.74, 6) is 0.946. The summed E-state index contributed by atoms with van der Waals surface area (Å²) in [7, 11) is 0. The number of anilines is 1. The zero-order chi connectivity index (χ0) is 11.5. The number of hydrogen-bond acceptors (Lipinski definition) is 3. The lowest BCUT2D eigenvalue weighted by molar-refractivity contribution is 0.481. The fourth-order valence-corrected chi connectivity index (χ4v) is 2.39. The summed E-state index contributed by atoms with van der Waals surface area (Å²) in [6.07, 6.45) is 5.54. The van der Waals surface area contributed by atoms with Gasteiger partial charge in [0.2, 0.25) is 0 Å². The van der Waals surface area contributed by atoms with E-state index < -0.39 is 0 Å². The van der Waals surface area contributed by atoms with E-state index in [1.54, 1.807) is 6.20 Å². The quantitative estimate of drug-likeness (QED) is 0.797. The zero-order valence-corrected chi connectivity index (χ0v) is 10.3. The first kappa shape index (κ1) is 11.3. The molecule has 1 unspecified atom stereocenters. The standard InChI is InChI=1S/C12H17N3S/c1-9-5-2-3-8-15(9)12-10(11(13)16)6-4-7-14-12/h4,6-7,9H,2-3,5,8H2,1H3,(H2,13,16). The summed E-state index contributed by atoms with van der Waals surface area (Å²) >= 11 is 5.07. The Morgan fingerprint density at radius 1 is 1.56 bits per heavy atom. The molecule has 0 aliphatic carbocycles. The number of nitrogens with zero attached hydrogens (tertiary/aromatic N) is 2. The third-order valence-corrected chi connectivity index (χ3v) is 3.35. The molecule has 3 nitrogen and oxygen atoms in total. The Labute approximate surface area is 102 Å². The van der Waals surface area contributed by atoms with Gasteiger partial charge < -0.3 is 10.6 Å². The van der Waals surface area contributed by atoms with E-state index in [1.807, 2.05) is 12.1 Å². The Balaban J connectivity index is 2.34. The molecule has 0 amide bonds. The van der Waals surface area contributed by atoms with Gasteiger partial charge in [-0.3, -0.25) is 0 Å². The lowest BCUT2D eigenvalue weighted by atomic mass is 10.0. The van der Waals surface area contributed by atoms with E-state index in [0.29, 0.717) is 11.0 Å². The Morgan fingerprint density at radius 3 is 3.06 bits per heavy atom. The SMILES string of the molecule is CC1CCCCN1c1ncccc1C(N)=S. The summed E-state index contributed by atoms with van der Waals surface area (Å²) in [4.78, 5) is 7.18. The Morgan fingerprint density at radius 2 is 2.38 bits per heavy atom. The van der Waals surface area contributed by atoms with E-state index >= 15 is 0 Å². The van der Waals surface area contributed by atoms with Gasteiger partial charge in [-0.1, -0.05) is 12.2 Å². The van der Waals surface area contributed by atoms with Crippen LogP contribution in [-0.4, -0.2) is 22.6 Å². The van der Waals surface area contributed by atoms with Gasteiger partial charge in [0.1, 0.15) is 10.8 Å². The number of aromatic nitrogens is 1. The van der Waals surface area contributed by atoms with Gasteiger partial charge in [0.25, 0.3) is 0 Å². The van der Waals surface area contributed by atoms with E-state index in [2.05, 4.69) is 16.8 Å². The minimum Gasteiger partial charge on any atom is -0.389 e. The van der Waals surface area contributed by atoms with Crippen LogP contribution in [-0.2, 0) is 0 Å². The van der Waals surface area contributed by atoms with Gasteiger partial charge in [-0.05, 0) is 38.3 Å². The van der Waals surface area contributed by atoms with Crippen LogP contribution in [0.25, 0.3) is 0 Å². The van der Waals surface area contributed by atoms with E-state index in [-0.39, 0.29) is 0 Å². The molecule has 2 N–H and O–H groups in total. The second-order valence-electron chi connectivity index (χ2n) is 4.28. The van der Waals surface area contributed by atoms with Crippen molar-refractivity contribution in [3.63, 3.8) is 0 Å². The fraction of sp³-hybridized carbons (Fsp3) is 0.500. The maximum absolute atomic E-state index is 5.73. The summed E-state index contributed by atoms with van der Waals surface area (Å²) in [5, 5.41) is 0. The minimum atomic E-state index is 0.431. The highest BCUT2D eigenvalue weighted by molar-refractivity contribution is 7.80. The number of hydrogen-bond donors (Lipinski definition) is 1. The van der Waals surface area contributed by atoms with Crippen molar-refractivity contribution in [2.75, 3.05) is 11.4 Å². The normalized spacial score (nSPS) is 20.8. The molecule has 1 aliphatic rings. The Hall–Kier alpha value is -1.16. The highest BCUT2D eigenvalue weighted by Gasteiger charge is 2.22. The van der Waals surface area contributed by atoms with Crippen molar-refractivity contribution in [2.24, 2.45) is 5.73 Å². The van der Waals surface area contributed by atoms with Crippen molar-refractivity contribution >= 4 is 23.0 Å². The third kappa shape index (κ3) is 2.16. The van der Waals surface area contributed by atoms with Crippen LogP contribution in [0.5, 0.6) is 0 Å². The van der Waals surface area contributed by atoms with E-state index in [1.165, 1.54) is 19.3 Å². The summed E-state index contributed by atoms with van der Waals surface area (Å²) in [5.41, 5.74) is 6.63. The van der Waals surface area contributed by atoms with Crippen LogP contribution in [0.1, 0.15) is 31.7 Å². The molecule has 86 valence electrons. The highest BCUT2D eigenvalue weighted by Crippen LogP contribution is 2.25. The lowest BCUT2D eigenvalue weighted by Gasteiger charge is -2.35. The predicted molar refractivity (Wildman–Crippen MR) is 70.8 cm³/mol. The summed E-state index contributed by atoms with van der Waals surface area (Å²) < 4.78 is 0. The van der Waals surface area contributed by atoms with Gasteiger partial charge in [-0.15, -0.1) is 0 Å². The first-order valence-electron chi connectivity index (χ1n) is 5.71. The molecule has 0 bridgehead atoms. The van der Waals surface area contributed by atoms with E-state index in [0.717, 1.165) is 17.9 Å². The molecule has 2 heterocycles. The van der Waals surface area contributed by atoms with Crippen LogP contribution in [0.3, 0.4) is 0 Å². The van der Waals surface area contributed by atoms with Crippen LogP contribution in [0, 0.1) is 0 Å². The van der Waals surface area contributed by atoms with Crippen molar-refractivity contribution in [1.29, 1.82) is 0 Å². The monoisotopic (exact) mass is 235 g/mol. The highest BCUT2D eigenvalue weighted by atomic mass is 32.1. The fourth-order valence-electron chi connectivity index (χ4n) is 2.23. The smallest absolute Gasteiger partial charge is 0.139 e. The van der Waals surface area contributed by atoms with Gasteiger partial charge in [0.05, 0.1) is 5.56 Å². The third-order valence-electron chi connectivity index (χ3n) is 3.13. The van der Waals surface area contributed by atoms with Crippen LogP contribution in [0.15, 0.2) is 18.3 Å². The molecule has 2 rings (SSSR count). The summed E-state index contributed by atoms with van der Waals surface area (Å²) in [6, 6.07) is 4.36. The summed E-state index contributed by atoms with van der Waals surface area (Å²) in [6.45, 7) is 3.28. The van der Waals surface area contributed by atoms with Gasteiger partial charge in [-0.2, -0.15) is 0 Å². The predicted octanol–water partition coefficient (Wildman–Crippen LogP) is 2.09. The second-order valence-corrected chi connectivity index (χ2v) is 4.72. The molecule has 0 aromatic carbocycles. The molecule has 1 fully saturated rings. The van der Waals surface area contributed by atoms with Crippen LogP contribution in [0.4, 0.5) is 5.82 Å². The van der Waals surface area contributed by atoms with Crippen molar-refractivity contribution < 1.29 is 0 Å². The molecule has 0 saturated carbocycles. The maximum Gasteiger partial charge on any atom is 0.139 e. The van der Waals surface area contributed by atoms with Gasteiger partial charge in [0, 0.05) is 18.8 Å². The molecular formula is C12H17N3S. The van der Waals surface area contributed by atoms with Crippen molar-refractivity contribution in [1.82, 2.24) is 4.98 Å². The Bertz CT molecular complexity index is 392. The van der Waals surface area contributed by atoms with Crippen LogP contribution >= 0.6 is 12.2 Å². The number of thiocarbonyl (C=S) groups is 1. The first-order valence-corrected chi connectivity index (χ1v) is 6.12. The minimum absolute atomic E-state index is 0.431. The van der Waals surface area contributed by atoms with Gasteiger partial charge in [-0.25, -0.2) is 4.98 Å². The van der Waals surface area contributed by atoms with Crippen LogP contribution < -0.4 is 10.6 Å². The first-order chi connectivity index (χ1) is 7.70. The molecule has 16 heavy (non-hydrogen) atoms. The van der Waals surface area contributed by atoms with Crippen LogP contribution in [0.2, 0.25) is 0 Å². The van der Waals surface area contributed by atoms with E-state index in [9.17, 15) is 0 Å². The van der Waals surface area contributed by atoms with Gasteiger partial charge >= 0.3 is 0 Å². The molecule has 4 heteroatoms. The molecular weight excluding hydrogens is 218 g/mol. The Kier molecular flexibility index (Phi) is 3.39. The lowest BCUT2D eigenvalue weighted by Crippen LogP contribution is -2.39. The maximum atomic E-state index is 5.73. The van der Waals surface area contributed by atoms with Gasteiger partial charge in [0.15, 0.2) is 0 Å². The van der Waals surface area contributed by atoms with E-state index in [4.69, 9.17) is 18.0 Å². The number of nitrogens with two attached hydrogens (primary N) is 1. The zero-order valence-electron chi connectivity index (χ0n) is 9.52. The number of rotatable bonds is 2. The average Bonchev–Trinajstić information content (AvgIpc) is 2.29. The number of pyridine rings is 1. The molecule has 1 aromatic heterocycles. The second kappa shape index (κ2) is 4.78. The van der Waals surface area contributed by atoms with Crippen molar-refractivity contribution in [3.05, 3.63) is 23.9 Å². The average molecular weight is 235 g/mol. The molecule has 0 spiro atoms. The van der Waals surface area contributed by atoms with Crippen molar-refractivity contribution in [2.45, 2.75) is 32.2 Å². The molecule has 0 radical (unpaired) electrons. The molecule has 1 saturated heterocycles. The topological polar surface area (TPSA) is 42.2 Å². The largest absolute Gasteiger partial charge is 0.389 e. The molecule has 1 atom stereocenters. The molecule has 1 aliphatic heterocycles. The van der Waals surface area contributed by atoms with Crippen molar-refractivity contribution in [3.8, 4) is 0 Å².